The number of hydrogen-bond acceptors (Lipinski definition) is 2. The van der Waals surface area contributed by atoms with Crippen LogP contribution in [0.25, 0.3) is 10.8 Å². The Bertz CT molecular complexity index is 669. The highest BCUT2D eigenvalue weighted by atomic mass is 79.9. The topological polar surface area (TPSA) is 49.4 Å². The monoisotopic (exact) mass is 304 g/mol. The molecule has 1 N–H and O–H groups in total. The van der Waals surface area contributed by atoms with Crippen molar-refractivity contribution < 1.29 is 9.59 Å². The predicted molar refractivity (Wildman–Crippen MR) is 72.5 cm³/mol. The van der Waals surface area contributed by atoms with Crippen LogP contribution in [0.3, 0.4) is 0 Å². The van der Waals surface area contributed by atoms with Crippen LogP contribution in [0.2, 0.25) is 0 Å². The van der Waals surface area contributed by atoms with Crippen molar-refractivity contribution in [2.75, 3.05) is 11.4 Å². The molecule has 0 aliphatic carbocycles. The number of imide groups is 1. The third kappa shape index (κ3) is 1.86. The highest BCUT2D eigenvalue weighted by Crippen LogP contribution is 2.25. The molecule has 5 heteroatoms. The number of carbonyl (C=O) groups is 2. The number of hydrogen-bond donors (Lipinski definition) is 1. The number of fused-ring (bicyclic) bond motifs is 1. The number of halogens is 1. The number of rotatable bonds is 1. The molecule has 1 fully saturated rings. The summed E-state index contributed by atoms with van der Waals surface area (Å²) in [5.74, 6) is -0.268. The van der Waals surface area contributed by atoms with Gasteiger partial charge >= 0.3 is 6.03 Å². The first kappa shape index (κ1) is 11.2. The average molecular weight is 305 g/mol. The summed E-state index contributed by atoms with van der Waals surface area (Å²) in [6, 6.07) is 11.2. The van der Waals surface area contributed by atoms with Crippen LogP contribution in [0.4, 0.5) is 10.5 Å². The zero-order valence-corrected chi connectivity index (χ0v) is 10.9. The van der Waals surface area contributed by atoms with Gasteiger partial charge in [0, 0.05) is 10.2 Å². The molecule has 2 aromatic rings. The predicted octanol–water partition coefficient (Wildman–Crippen LogP) is 2.66. The van der Waals surface area contributed by atoms with Gasteiger partial charge in [-0.05, 0) is 35.0 Å². The standard InChI is InChI=1S/C13H9BrN2O2/c14-10-3-1-9-6-11(4-2-8(9)5-10)16-7-12(17)15-13(16)18/h1-6H,7H2,(H,15,17,18). The molecule has 1 aliphatic heterocycles. The Labute approximate surface area is 112 Å². The van der Waals surface area contributed by atoms with Gasteiger partial charge in [-0.1, -0.05) is 28.1 Å². The lowest BCUT2D eigenvalue weighted by atomic mass is 10.1. The first-order valence-corrected chi connectivity index (χ1v) is 6.23. The van der Waals surface area contributed by atoms with E-state index in [-0.39, 0.29) is 18.5 Å². The van der Waals surface area contributed by atoms with E-state index in [0.717, 1.165) is 20.9 Å². The fourth-order valence-electron chi connectivity index (χ4n) is 2.02. The van der Waals surface area contributed by atoms with Crippen molar-refractivity contribution in [3.05, 3.63) is 40.9 Å². The van der Waals surface area contributed by atoms with Crippen LogP contribution in [0, 0.1) is 0 Å². The number of amides is 3. The van der Waals surface area contributed by atoms with E-state index in [9.17, 15) is 9.59 Å². The van der Waals surface area contributed by atoms with E-state index in [0.29, 0.717) is 0 Å². The lowest BCUT2D eigenvalue weighted by Crippen LogP contribution is -2.27. The SMILES string of the molecule is O=C1CN(c2ccc3cc(Br)ccc3c2)C(=O)N1. The van der Waals surface area contributed by atoms with Crippen molar-refractivity contribution in [2.24, 2.45) is 0 Å². The Kier molecular flexibility index (Phi) is 2.56. The van der Waals surface area contributed by atoms with Gasteiger partial charge in [-0.3, -0.25) is 15.0 Å². The number of nitrogens with one attached hydrogen (secondary N) is 1. The van der Waals surface area contributed by atoms with Gasteiger partial charge in [0.1, 0.15) is 6.54 Å². The largest absolute Gasteiger partial charge is 0.329 e. The molecular weight excluding hydrogens is 296 g/mol. The van der Waals surface area contributed by atoms with Gasteiger partial charge in [0.2, 0.25) is 5.91 Å². The molecule has 3 amide bonds. The quantitative estimate of drug-likeness (QED) is 0.824. The molecule has 1 aliphatic rings. The molecule has 0 bridgehead atoms. The molecule has 1 saturated heterocycles. The maximum Gasteiger partial charge on any atom is 0.329 e. The summed E-state index contributed by atoms with van der Waals surface area (Å²) in [5, 5.41) is 4.38. The summed E-state index contributed by atoms with van der Waals surface area (Å²) >= 11 is 3.42. The summed E-state index contributed by atoms with van der Waals surface area (Å²) < 4.78 is 1.01. The van der Waals surface area contributed by atoms with E-state index in [2.05, 4.69) is 21.2 Å². The molecule has 18 heavy (non-hydrogen) atoms. The maximum atomic E-state index is 11.6. The zero-order chi connectivity index (χ0) is 12.7. The summed E-state index contributed by atoms with van der Waals surface area (Å²) in [6.07, 6.45) is 0. The normalized spacial score (nSPS) is 15.3. The summed E-state index contributed by atoms with van der Waals surface area (Å²) in [7, 11) is 0. The number of urea groups is 1. The number of anilines is 1. The van der Waals surface area contributed by atoms with Gasteiger partial charge in [0.15, 0.2) is 0 Å². The van der Waals surface area contributed by atoms with E-state index in [4.69, 9.17) is 0 Å². The van der Waals surface area contributed by atoms with Crippen molar-refractivity contribution >= 4 is 44.3 Å². The van der Waals surface area contributed by atoms with Gasteiger partial charge in [-0.2, -0.15) is 0 Å². The van der Waals surface area contributed by atoms with Gasteiger partial charge < -0.3 is 0 Å². The molecule has 0 unspecified atom stereocenters. The Balaban J connectivity index is 2.06. The highest BCUT2D eigenvalue weighted by Gasteiger charge is 2.27. The highest BCUT2D eigenvalue weighted by molar-refractivity contribution is 9.10. The van der Waals surface area contributed by atoms with Crippen molar-refractivity contribution in [1.82, 2.24) is 5.32 Å². The van der Waals surface area contributed by atoms with Crippen molar-refractivity contribution in [3.8, 4) is 0 Å². The van der Waals surface area contributed by atoms with Gasteiger partial charge in [-0.15, -0.1) is 0 Å². The zero-order valence-electron chi connectivity index (χ0n) is 9.31. The fourth-order valence-corrected chi connectivity index (χ4v) is 2.40. The van der Waals surface area contributed by atoms with Crippen LogP contribution < -0.4 is 10.2 Å². The average Bonchev–Trinajstić information content (AvgIpc) is 2.68. The minimum Gasteiger partial charge on any atom is -0.285 e. The lowest BCUT2D eigenvalue weighted by Gasteiger charge is -2.13. The molecule has 0 atom stereocenters. The summed E-state index contributed by atoms with van der Waals surface area (Å²) in [5.41, 5.74) is 0.730. The van der Waals surface area contributed by atoms with Gasteiger partial charge in [-0.25, -0.2) is 4.79 Å². The Morgan fingerprint density at radius 2 is 1.78 bits per heavy atom. The molecule has 3 rings (SSSR count). The second-order valence-corrected chi connectivity index (χ2v) is 5.03. The smallest absolute Gasteiger partial charge is 0.285 e. The van der Waals surface area contributed by atoms with Crippen LogP contribution in [-0.4, -0.2) is 18.5 Å². The van der Waals surface area contributed by atoms with Crippen LogP contribution >= 0.6 is 15.9 Å². The molecule has 0 aromatic heterocycles. The van der Waals surface area contributed by atoms with Gasteiger partial charge in [0.05, 0.1) is 0 Å². The van der Waals surface area contributed by atoms with E-state index < -0.39 is 0 Å². The molecule has 1 heterocycles. The molecule has 4 nitrogen and oxygen atoms in total. The first-order chi connectivity index (χ1) is 8.63. The number of carbonyl (C=O) groups excluding carboxylic acids is 2. The summed E-state index contributed by atoms with van der Waals surface area (Å²) in [6.45, 7) is 0.0842. The van der Waals surface area contributed by atoms with Gasteiger partial charge in [0.25, 0.3) is 0 Å². The third-order valence-electron chi connectivity index (χ3n) is 2.89. The minimum absolute atomic E-state index is 0.0842. The molecule has 0 radical (unpaired) electrons. The summed E-state index contributed by atoms with van der Waals surface area (Å²) in [4.78, 5) is 24.2. The van der Waals surface area contributed by atoms with E-state index in [1.165, 1.54) is 4.90 Å². The second-order valence-electron chi connectivity index (χ2n) is 4.12. The van der Waals surface area contributed by atoms with Crippen LogP contribution in [0.1, 0.15) is 0 Å². The van der Waals surface area contributed by atoms with Crippen molar-refractivity contribution in [3.63, 3.8) is 0 Å². The second kappa shape index (κ2) is 4.10. The van der Waals surface area contributed by atoms with Crippen LogP contribution in [0.15, 0.2) is 40.9 Å². The molecule has 0 spiro atoms. The van der Waals surface area contributed by atoms with Crippen molar-refractivity contribution in [1.29, 1.82) is 0 Å². The van der Waals surface area contributed by atoms with Crippen molar-refractivity contribution in [2.45, 2.75) is 0 Å². The Morgan fingerprint density at radius 1 is 1.06 bits per heavy atom. The first-order valence-electron chi connectivity index (χ1n) is 5.44. The third-order valence-corrected chi connectivity index (χ3v) is 3.38. The molecule has 90 valence electrons. The minimum atomic E-state index is -0.364. The van der Waals surface area contributed by atoms with E-state index in [1.54, 1.807) is 0 Å². The molecule has 0 saturated carbocycles. The Hall–Kier alpha value is -1.88. The number of benzene rings is 2. The van der Waals surface area contributed by atoms with E-state index >= 15 is 0 Å². The molecule has 2 aromatic carbocycles. The maximum absolute atomic E-state index is 11.6. The molecular formula is C13H9BrN2O2. The van der Waals surface area contributed by atoms with E-state index in [1.807, 2.05) is 36.4 Å². The van der Waals surface area contributed by atoms with Crippen LogP contribution in [0.5, 0.6) is 0 Å². The lowest BCUT2D eigenvalue weighted by molar-refractivity contribution is -0.117. The fraction of sp³-hybridized carbons (Fsp3) is 0.0769. The Morgan fingerprint density at radius 3 is 2.50 bits per heavy atom. The van der Waals surface area contributed by atoms with Crippen LogP contribution in [-0.2, 0) is 4.79 Å². The number of nitrogens with zero attached hydrogens (tertiary/aromatic N) is 1.